The van der Waals surface area contributed by atoms with E-state index in [2.05, 4.69) is 15.2 Å². The molecule has 0 fully saturated rings. The van der Waals surface area contributed by atoms with E-state index in [0.717, 1.165) is 12.1 Å². The van der Waals surface area contributed by atoms with Crippen molar-refractivity contribution >= 4 is 11.7 Å². The summed E-state index contributed by atoms with van der Waals surface area (Å²) in [6.07, 6.45) is 1.69. The van der Waals surface area contributed by atoms with Gasteiger partial charge in [-0.3, -0.25) is 4.79 Å². The minimum Gasteiger partial charge on any atom is -0.369 e. The largest absolute Gasteiger partial charge is 0.369 e. The van der Waals surface area contributed by atoms with Crippen LogP contribution in [0.15, 0.2) is 18.3 Å². The summed E-state index contributed by atoms with van der Waals surface area (Å²) in [7, 11) is 5.49. The number of hydrogen-bond acceptors (Lipinski definition) is 4. The number of anilines is 1. The first-order chi connectivity index (χ1) is 8.35. The molecule has 1 amide bonds. The normalized spacial score (nSPS) is 11.7. The molecule has 1 N–H and O–H groups in total. The second-order valence-corrected chi connectivity index (χ2v) is 4.96. The van der Waals surface area contributed by atoms with Crippen molar-refractivity contribution in [2.45, 2.75) is 26.0 Å². The molecule has 1 aromatic rings. The number of hydrogen-bond donors (Lipinski definition) is 1. The van der Waals surface area contributed by atoms with Crippen LogP contribution in [-0.4, -0.2) is 42.6 Å². The fourth-order valence-electron chi connectivity index (χ4n) is 1.37. The van der Waals surface area contributed by atoms with E-state index in [-0.39, 0.29) is 5.91 Å². The lowest BCUT2D eigenvalue weighted by atomic mass is 10.1. The molecule has 0 aliphatic heterocycles. The monoisotopic (exact) mass is 251 g/mol. The van der Waals surface area contributed by atoms with Gasteiger partial charge in [-0.15, -0.1) is 0 Å². The van der Waals surface area contributed by atoms with E-state index in [9.17, 15) is 4.79 Å². The van der Waals surface area contributed by atoms with Crippen LogP contribution in [0.1, 0.15) is 19.4 Å². The lowest BCUT2D eigenvalue weighted by molar-refractivity contribution is -0.133. The summed E-state index contributed by atoms with van der Waals surface area (Å²) < 4.78 is 5.12. The van der Waals surface area contributed by atoms with Crippen molar-refractivity contribution in [3.8, 4) is 0 Å². The van der Waals surface area contributed by atoms with Crippen molar-refractivity contribution in [2.75, 3.05) is 26.5 Å². The smallest absolute Gasteiger partial charge is 0.257 e. The Hall–Kier alpha value is -1.46. The number of carbonyl (C=O) groups excluding carboxylic acids is 1. The van der Waals surface area contributed by atoms with E-state index >= 15 is 0 Å². The number of ether oxygens (including phenoxy) is 1. The first-order valence-electron chi connectivity index (χ1n) is 5.81. The molecule has 0 saturated heterocycles. The Kier molecular flexibility index (Phi) is 4.81. The zero-order chi connectivity index (χ0) is 13.8. The minimum atomic E-state index is -0.862. The van der Waals surface area contributed by atoms with Gasteiger partial charge < -0.3 is 15.0 Å². The SMILES string of the molecule is COC(C)(C)C(=O)Nc1cc(CN(C)C)ccn1. The second-order valence-electron chi connectivity index (χ2n) is 4.96. The Morgan fingerprint density at radius 3 is 2.72 bits per heavy atom. The molecule has 0 radical (unpaired) electrons. The zero-order valence-corrected chi connectivity index (χ0v) is 11.7. The third-order valence-electron chi connectivity index (χ3n) is 2.62. The average Bonchev–Trinajstić information content (AvgIpc) is 2.28. The van der Waals surface area contributed by atoms with Gasteiger partial charge in [0.25, 0.3) is 5.91 Å². The molecule has 0 aliphatic carbocycles. The molecule has 0 bridgehead atoms. The van der Waals surface area contributed by atoms with Gasteiger partial charge in [0.2, 0.25) is 0 Å². The molecule has 0 saturated carbocycles. The Balaban J connectivity index is 2.76. The molecule has 1 aromatic heterocycles. The van der Waals surface area contributed by atoms with Crippen LogP contribution in [0.2, 0.25) is 0 Å². The highest BCUT2D eigenvalue weighted by molar-refractivity contribution is 5.96. The summed E-state index contributed by atoms with van der Waals surface area (Å²) in [6.45, 7) is 4.23. The quantitative estimate of drug-likeness (QED) is 0.861. The highest BCUT2D eigenvalue weighted by Crippen LogP contribution is 2.13. The molecule has 1 heterocycles. The van der Waals surface area contributed by atoms with E-state index in [1.807, 2.05) is 26.2 Å². The van der Waals surface area contributed by atoms with Gasteiger partial charge in [0, 0.05) is 19.9 Å². The molecule has 0 spiro atoms. The minimum absolute atomic E-state index is 0.209. The van der Waals surface area contributed by atoms with Crippen molar-refractivity contribution in [2.24, 2.45) is 0 Å². The number of nitrogens with zero attached hydrogens (tertiary/aromatic N) is 2. The lowest BCUT2D eigenvalue weighted by Crippen LogP contribution is -2.39. The topological polar surface area (TPSA) is 54.5 Å². The third-order valence-corrected chi connectivity index (χ3v) is 2.62. The standard InChI is InChI=1S/C13H21N3O2/c1-13(2,18-5)12(17)15-11-8-10(6-7-14-11)9-16(3)4/h6-8H,9H2,1-5H3,(H,14,15,17). The molecule has 0 atom stereocenters. The maximum atomic E-state index is 11.9. The molecule has 0 aromatic carbocycles. The van der Waals surface area contributed by atoms with Crippen LogP contribution < -0.4 is 5.32 Å². The van der Waals surface area contributed by atoms with Crippen molar-refractivity contribution in [1.82, 2.24) is 9.88 Å². The average molecular weight is 251 g/mol. The zero-order valence-electron chi connectivity index (χ0n) is 11.7. The molecule has 0 unspecified atom stereocenters. The van der Waals surface area contributed by atoms with Gasteiger partial charge in [-0.1, -0.05) is 0 Å². The number of pyridine rings is 1. The van der Waals surface area contributed by atoms with E-state index in [0.29, 0.717) is 5.82 Å². The third kappa shape index (κ3) is 4.09. The summed E-state index contributed by atoms with van der Waals surface area (Å²) in [5.74, 6) is 0.337. The summed E-state index contributed by atoms with van der Waals surface area (Å²) in [5.41, 5.74) is 0.236. The summed E-state index contributed by atoms with van der Waals surface area (Å²) in [6, 6.07) is 3.79. The predicted molar refractivity (Wildman–Crippen MR) is 71.3 cm³/mol. The van der Waals surface area contributed by atoms with Crippen LogP contribution in [0.3, 0.4) is 0 Å². The van der Waals surface area contributed by atoms with E-state index in [4.69, 9.17) is 4.74 Å². The first-order valence-corrected chi connectivity index (χ1v) is 5.81. The van der Waals surface area contributed by atoms with E-state index in [1.54, 1.807) is 20.0 Å². The van der Waals surface area contributed by atoms with E-state index in [1.165, 1.54) is 7.11 Å². The lowest BCUT2D eigenvalue weighted by Gasteiger charge is -2.21. The predicted octanol–water partition coefficient (Wildman–Crippen LogP) is 1.51. The molecule has 5 nitrogen and oxygen atoms in total. The number of methoxy groups -OCH3 is 1. The number of aromatic nitrogens is 1. The Morgan fingerprint density at radius 1 is 1.50 bits per heavy atom. The summed E-state index contributed by atoms with van der Waals surface area (Å²) >= 11 is 0. The molecule has 1 rings (SSSR count). The molecular formula is C13H21N3O2. The van der Waals surface area contributed by atoms with E-state index < -0.39 is 5.60 Å². The van der Waals surface area contributed by atoms with Crippen LogP contribution in [0.25, 0.3) is 0 Å². The Bertz CT molecular complexity index is 416. The number of nitrogens with one attached hydrogen (secondary N) is 1. The molecule has 18 heavy (non-hydrogen) atoms. The first kappa shape index (κ1) is 14.6. The van der Waals surface area contributed by atoms with Crippen LogP contribution >= 0.6 is 0 Å². The van der Waals surface area contributed by atoms with Crippen molar-refractivity contribution in [3.63, 3.8) is 0 Å². The van der Waals surface area contributed by atoms with Gasteiger partial charge in [-0.25, -0.2) is 4.98 Å². The molecular weight excluding hydrogens is 230 g/mol. The summed E-state index contributed by atoms with van der Waals surface area (Å²) in [4.78, 5) is 18.1. The fraction of sp³-hybridized carbons (Fsp3) is 0.538. The van der Waals surface area contributed by atoms with Gasteiger partial charge >= 0.3 is 0 Å². The Labute approximate surface area is 108 Å². The number of rotatable bonds is 5. The fourth-order valence-corrected chi connectivity index (χ4v) is 1.37. The summed E-state index contributed by atoms with van der Waals surface area (Å²) in [5, 5.41) is 2.75. The number of carbonyl (C=O) groups is 1. The molecule has 100 valence electrons. The van der Waals surface area contributed by atoms with Crippen LogP contribution in [0.5, 0.6) is 0 Å². The van der Waals surface area contributed by atoms with Crippen molar-refractivity contribution in [3.05, 3.63) is 23.9 Å². The molecule has 0 aliphatic rings. The maximum absolute atomic E-state index is 11.9. The van der Waals surface area contributed by atoms with Gasteiger partial charge in [-0.05, 0) is 45.6 Å². The van der Waals surface area contributed by atoms with Gasteiger partial charge in [0.1, 0.15) is 11.4 Å². The van der Waals surface area contributed by atoms with Gasteiger partial charge in [-0.2, -0.15) is 0 Å². The van der Waals surface area contributed by atoms with Crippen LogP contribution in [0.4, 0.5) is 5.82 Å². The van der Waals surface area contributed by atoms with Crippen molar-refractivity contribution in [1.29, 1.82) is 0 Å². The van der Waals surface area contributed by atoms with Crippen LogP contribution in [-0.2, 0) is 16.1 Å². The van der Waals surface area contributed by atoms with Gasteiger partial charge in [0.15, 0.2) is 0 Å². The van der Waals surface area contributed by atoms with Crippen molar-refractivity contribution < 1.29 is 9.53 Å². The van der Waals surface area contributed by atoms with Crippen LogP contribution in [0, 0.1) is 0 Å². The Morgan fingerprint density at radius 2 is 2.17 bits per heavy atom. The maximum Gasteiger partial charge on any atom is 0.257 e. The highest BCUT2D eigenvalue weighted by atomic mass is 16.5. The molecule has 5 heteroatoms. The number of amides is 1. The second kappa shape index (κ2) is 5.93. The van der Waals surface area contributed by atoms with Gasteiger partial charge in [0.05, 0.1) is 0 Å². The highest BCUT2D eigenvalue weighted by Gasteiger charge is 2.27.